The zero-order chi connectivity index (χ0) is 11.2. The third kappa shape index (κ3) is 6.46. The van der Waals surface area contributed by atoms with E-state index in [1.165, 1.54) is 0 Å². The number of hydrogen-bond donors (Lipinski definition) is 2. The first-order valence-corrected chi connectivity index (χ1v) is 4.90. The molecule has 0 rings (SSSR count). The van der Waals surface area contributed by atoms with Crippen LogP contribution in [0.2, 0.25) is 0 Å². The fourth-order valence-corrected chi connectivity index (χ4v) is 0.997. The van der Waals surface area contributed by atoms with E-state index in [1.54, 1.807) is 0 Å². The van der Waals surface area contributed by atoms with Crippen molar-refractivity contribution >= 4 is 11.8 Å². The molecule has 14 heavy (non-hydrogen) atoms. The molecule has 2 amide bonds. The summed E-state index contributed by atoms with van der Waals surface area (Å²) in [4.78, 5) is 21.7. The highest BCUT2D eigenvalue weighted by molar-refractivity contribution is 5.83. The van der Waals surface area contributed by atoms with Crippen LogP contribution in [0.25, 0.3) is 0 Å². The SMILES string of the molecule is CC(C)(C)C(=O)CCCCNC(N)=O. The van der Waals surface area contributed by atoms with Gasteiger partial charge in [0.1, 0.15) is 5.78 Å². The second-order valence-corrected chi connectivity index (χ2v) is 4.42. The van der Waals surface area contributed by atoms with E-state index < -0.39 is 6.03 Å². The summed E-state index contributed by atoms with van der Waals surface area (Å²) in [7, 11) is 0. The molecule has 0 aliphatic carbocycles. The van der Waals surface area contributed by atoms with Crippen molar-refractivity contribution in [2.75, 3.05) is 6.54 Å². The van der Waals surface area contributed by atoms with Crippen LogP contribution in [-0.2, 0) is 4.79 Å². The Morgan fingerprint density at radius 3 is 2.21 bits per heavy atom. The molecule has 0 saturated heterocycles. The summed E-state index contributed by atoms with van der Waals surface area (Å²) < 4.78 is 0. The maximum Gasteiger partial charge on any atom is 0.312 e. The van der Waals surface area contributed by atoms with Crippen LogP contribution in [0, 0.1) is 5.41 Å². The predicted octanol–water partition coefficient (Wildman–Crippen LogP) is 1.44. The van der Waals surface area contributed by atoms with Crippen molar-refractivity contribution in [3.8, 4) is 0 Å². The Labute approximate surface area is 85.2 Å². The number of ketones is 1. The van der Waals surface area contributed by atoms with Gasteiger partial charge < -0.3 is 11.1 Å². The highest BCUT2D eigenvalue weighted by Crippen LogP contribution is 2.17. The Hall–Kier alpha value is -1.06. The zero-order valence-electron chi connectivity index (χ0n) is 9.22. The van der Waals surface area contributed by atoms with E-state index in [2.05, 4.69) is 5.32 Å². The average Bonchev–Trinajstić information content (AvgIpc) is 2.01. The summed E-state index contributed by atoms with van der Waals surface area (Å²) in [5, 5.41) is 2.49. The molecular weight excluding hydrogens is 180 g/mol. The molecule has 0 aliphatic heterocycles. The fourth-order valence-electron chi connectivity index (χ4n) is 0.997. The summed E-state index contributed by atoms with van der Waals surface area (Å²) in [6.07, 6.45) is 2.17. The van der Waals surface area contributed by atoms with Crippen LogP contribution in [0.15, 0.2) is 0 Å². The van der Waals surface area contributed by atoms with Crippen molar-refractivity contribution in [2.45, 2.75) is 40.0 Å². The van der Waals surface area contributed by atoms with Crippen LogP contribution in [0.3, 0.4) is 0 Å². The first-order chi connectivity index (χ1) is 6.34. The number of urea groups is 1. The maximum atomic E-state index is 11.4. The molecule has 4 heteroatoms. The lowest BCUT2D eigenvalue weighted by molar-refractivity contribution is -0.126. The van der Waals surface area contributed by atoms with E-state index in [4.69, 9.17) is 5.73 Å². The van der Waals surface area contributed by atoms with Gasteiger partial charge in [-0.1, -0.05) is 20.8 Å². The van der Waals surface area contributed by atoms with Gasteiger partial charge in [-0.2, -0.15) is 0 Å². The van der Waals surface area contributed by atoms with Gasteiger partial charge in [-0.05, 0) is 12.8 Å². The molecular formula is C10H20N2O2. The third-order valence-corrected chi connectivity index (χ3v) is 1.97. The van der Waals surface area contributed by atoms with Gasteiger partial charge in [-0.3, -0.25) is 4.79 Å². The lowest BCUT2D eigenvalue weighted by atomic mass is 9.88. The van der Waals surface area contributed by atoms with Crippen molar-refractivity contribution in [3.63, 3.8) is 0 Å². The molecule has 0 radical (unpaired) electrons. The molecule has 0 heterocycles. The van der Waals surface area contributed by atoms with Crippen molar-refractivity contribution in [1.82, 2.24) is 5.32 Å². The van der Waals surface area contributed by atoms with Gasteiger partial charge in [0.05, 0.1) is 0 Å². The van der Waals surface area contributed by atoms with Gasteiger partial charge in [-0.15, -0.1) is 0 Å². The number of carbonyl (C=O) groups is 2. The normalized spacial score (nSPS) is 11.1. The Morgan fingerprint density at radius 1 is 1.21 bits per heavy atom. The molecule has 82 valence electrons. The molecule has 0 aromatic heterocycles. The highest BCUT2D eigenvalue weighted by atomic mass is 16.2. The number of carbonyl (C=O) groups excluding carboxylic acids is 2. The van der Waals surface area contributed by atoms with Crippen LogP contribution in [0.1, 0.15) is 40.0 Å². The second-order valence-electron chi connectivity index (χ2n) is 4.42. The van der Waals surface area contributed by atoms with E-state index in [-0.39, 0.29) is 11.2 Å². The largest absolute Gasteiger partial charge is 0.352 e. The molecule has 0 aromatic rings. The topological polar surface area (TPSA) is 72.2 Å². The Bertz CT molecular complexity index is 207. The van der Waals surface area contributed by atoms with Crippen LogP contribution >= 0.6 is 0 Å². The van der Waals surface area contributed by atoms with Crippen LogP contribution in [0.5, 0.6) is 0 Å². The molecule has 3 N–H and O–H groups in total. The number of unbranched alkanes of at least 4 members (excludes halogenated alkanes) is 1. The van der Waals surface area contributed by atoms with Gasteiger partial charge in [0.25, 0.3) is 0 Å². The minimum absolute atomic E-state index is 0.253. The molecule has 0 fully saturated rings. The fraction of sp³-hybridized carbons (Fsp3) is 0.800. The van der Waals surface area contributed by atoms with Gasteiger partial charge in [0.15, 0.2) is 0 Å². The van der Waals surface area contributed by atoms with Crippen molar-refractivity contribution in [1.29, 1.82) is 0 Å². The summed E-state index contributed by atoms with van der Waals surface area (Å²) in [5.74, 6) is 0.261. The number of rotatable bonds is 5. The van der Waals surface area contributed by atoms with Crippen molar-refractivity contribution in [3.05, 3.63) is 0 Å². The quantitative estimate of drug-likeness (QED) is 0.659. The van der Waals surface area contributed by atoms with Crippen LogP contribution in [0.4, 0.5) is 4.79 Å². The van der Waals surface area contributed by atoms with Gasteiger partial charge >= 0.3 is 6.03 Å². The van der Waals surface area contributed by atoms with E-state index in [0.29, 0.717) is 13.0 Å². The number of hydrogen-bond acceptors (Lipinski definition) is 2. The smallest absolute Gasteiger partial charge is 0.312 e. The summed E-state index contributed by atoms with van der Waals surface area (Å²) >= 11 is 0. The summed E-state index contributed by atoms with van der Waals surface area (Å²) in [5.41, 5.74) is 4.63. The highest BCUT2D eigenvalue weighted by Gasteiger charge is 2.19. The van der Waals surface area contributed by atoms with Crippen LogP contribution in [-0.4, -0.2) is 18.4 Å². The van der Waals surface area contributed by atoms with Crippen molar-refractivity contribution in [2.24, 2.45) is 11.1 Å². The van der Waals surface area contributed by atoms with E-state index in [1.807, 2.05) is 20.8 Å². The molecule has 0 aliphatic rings. The summed E-state index contributed by atoms with van der Waals surface area (Å²) in [6.45, 7) is 6.29. The Balaban J connectivity index is 3.46. The lowest BCUT2D eigenvalue weighted by Gasteiger charge is -2.16. The molecule has 0 saturated carbocycles. The predicted molar refractivity (Wildman–Crippen MR) is 55.9 cm³/mol. The van der Waals surface area contributed by atoms with Crippen molar-refractivity contribution < 1.29 is 9.59 Å². The Kier molecular flexibility index (Phi) is 5.20. The monoisotopic (exact) mass is 200 g/mol. The number of nitrogens with two attached hydrogens (primary N) is 1. The molecule has 4 nitrogen and oxygen atoms in total. The molecule has 0 spiro atoms. The lowest BCUT2D eigenvalue weighted by Crippen LogP contribution is -2.30. The first-order valence-electron chi connectivity index (χ1n) is 4.90. The summed E-state index contributed by atoms with van der Waals surface area (Å²) in [6, 6.07) is -0.507. The van der Waals surface area contributed by atoms with E-state index in [0.717, 1.165) is 12.8 Å². The van der Waals surface area contributed by atoms with E-state index in [9.17, 15) is 9.59 Å². The molecule has 0 bridgehead atoms. The molecule has 0 unspecified atom stereocenters. The van der Waals surface area contributed by atoms with Gasteiger partial charge in [0.2, 0.25) is 0 Å². The van der Waals surface area contributed by atoms with Crippen LogP contribution < -0.4 is 11.1 Å². The second kappa shape index (κ2) is 5.62. The zero-order valence-corrected chi connectivity index (χ0v) is 9.22. The number of Topliss-reactive ketones (excluding diaryl/α,β-unsaturated/α-hetero) is 1. The molecule has 0 atom stereocenters. The third-order valence-electron chi connectivity index (χ3n) is 1.97. The Morgan fingerprint density at radius 2 is 1.79 bits per heavy atom. The minimum Gasteiger partial charge on any atom is -0.352 e. The number of nitrogens with one attached hydrogen (secondary N) is 1. The van der Waals surface area contributed by atoms with Gasteiger partial charge in [-0.25, -0.2) is 4.79 Å². The first kappa shape index (κ1) is 12.9. The number of amides is 2. The molecule has 0 aromatic carbocycles. The minimum atomic E-state index is -0.507. The maximum absolute atomic E-state index is 11.4. The standard InChI is InChI=1S/C10H20N2O2/c1-10(2,3)8(13)6-4-5-7-12-9(11)14/h4-7H2,1-3H3,(H3,11,12,14). The average molecular weight is 200 g/mol. The van der Waals surface area contributed by atoms with E-state index >= 15 is 0 Å². The van der Waals surface area contributed by atoms with Gasteiger partial charge in [0, 0.05) is 18.4 Å². The number of primary amides is 1.